The molecule has 1 aromatic carbocycles. The van der Waals surface area contributed by atoms with Gasteiger partial charge in [0.25, 0.3) is 5.91 Å². The van der Waals surface area contributed by atoms with Crippen LogP contribution >= 0.6 is 0 Å². The van der Waals surface area contributed by atoms with E-state index < -0.39 is 0 Å². The number of likely N-dealkylation sites (tertiary alicyclic amines) is 1. The number of nitrogens with one attached hydrogen (secondary N) is 2. The number of piperidine rings is 1. The third-order valence-electron chi connectivity index (χ3n) is 7.21. The molecule has 32 heavy (non-hydrogen) atoms. The molecule has 4 heterocycles. The van der Waals surface area contributed by atoms with Crippen molar-refractivity contribution in [2.24, 2.45) is 11.3 Å². The number of amides is 1. The zero-order valence-electron chi connectivity index (χ0n) is 17.7. The number of carbonyl (C=O) groups is 1. The van der Waals surface area contributed by atoms with Gasteiger partial charge in [-0.3, -0.25) is 14.9 Å². The maximum Gasteiger partial charge on any atom is 0.287 e. The summed E-state index contributed by atoms with van der Waals surface area (Å²) >= 11 is 0. The zero-order chi connectivity index (χ0) is 21.7. The van der Waals surface area contributed by atoms with Gasteiger partial charge in [0.15, 0.2) is 11.3 Å². The van der Waals surface area contributed by atoms with Crippen LogP contribution in [0.5, 0.6) is 0 Å². The van der Waals surface area contributed by atoms with Gasteiger partial charge in [-0.2, -0.15) is 0 Å². The van der Waals surface area contributed by atoms with Crippen LogP contribution in [0.25, 0.3) is 27.7 Å². The van der Waals surface area contributed by atoms with Gasteiger partial charge in [-0.1, -0.05) is 17.9 Å². The molecule has 0 bridgehead atoms. The van der Waals surface area contributed by atoms with E-state index >= 15 is 0 Å². The number of H-pyrrole nitrogens is 1. The molecule has 8 heteroatoms. The minimum atomic E-state index is -0.155. The van der Waals surface area contributed by atoms with Crippen LogP contribution in [0.1, 0.15) is 35.4 Å². The first-order valence-electron chi connectivity index (χ1n) is 11.0. The maximum atomic E-state index is 12.5. The molecule has 1 aliphatic heterocycles. The van der Waals surface area contributed by atoms with Crippen LogP contribution in [0.3, 0.4) is 0 Å². The zero-order valence-corrected chi connectivity index (χ0v) is 17.7. The molecule has 1 aliphatic carbocycles. The first-order chi connectivity index (χ1) is 15.6. The Balaban J connectivity index is 1.03. The summed E-state index contributed by atoms with van der Waals surface area (Å²) in [6.45, 7) is 6.99. The van der Waals surface area contributed by atoms with Crippen LogP contribution in [0.2, 0.25) is 0 Å². The lowest BCUT2D eigenvalue weighted by Gasteiger charge is -2.36. The summed E-state index contributed by atoms with van der Waals surface area (Å²) in [6.07, 6.45) is 6.74. The highest BCUT2D eigenvalue weighted by atomic mass is 16.3. The molecule has 1 amide bonds. The number of pyridine rings is 1. The Morgan fingerprint density at radius 2 is 2.16 bits per heavy atom. The van der Waals surface area contributed by atoms with Crippen molar-refractivity contribution in [3.63, 3.8) is 0 Å². The number of nitrogens with zero attached hydrogens (tertiary/aromatic N) is 4. The SMILES string of the molecule is C=C(c1ccc2[nH]nnc2c1)N1CCC2(CC1)CC2CNC(=O)c1cc2ccncc2o1. The standard InChI is InChI=1S/C24H24N6O2/c1-15(16-2-3-19-20(10-16)28-29-27-19)30-8-5-24(6-9-30)12-18(24)13-26-23(31)21-11-17-4-7-25-14-22(17)32-21/h2-4,7,10-11,14,18H,1,5-6,8-9,12-13H2,(H,26,31)(H,27,28,29). The monoisotopic (exact) mass is 428 g/mol. The largest absolute Gasteiger partial charge is 0.449 e. The van der Waals surface area contributed by atoms with Crippen molar-refractivity contribution in [2.45, 2.75) is 19.3 Å². The second kappa shape index (κ2) is 7.19. The van der Waals surface area contributed by atoms with Crippen molar-refractivity contribution < 1.29 is 9.21 Å². The molecule has 1 unspecified atom stereocenters. The van der Waals surface area contributed by atoms with Gasteiger partial charge in [0.1, 0.15) is 5.52 Å². The summed E-state index contributed by atoms with van der Waals surface area (Å²) in [5, 5.41) is 14.8. The average Bonchev–Trinajstić information content (AvgIpc) is 3.18. The summed E-state index contributed by atoms with van der Waals surface area (Å²) in [5.74, 6) is 0.717. The summed E-state index contributed by atoms with van der Waals surface area (Å²) < 4.78 is 5.62. The smallest absolute Gasteiger partial charge is 0.287 e. The van der Waals surface area contributed by atoms with Crippen LogP contribution in [-0.2, 0) is 0 Å². The molecule has 8 nitrogen and oxygen atoms in total. The van der Waals surface area contributed by atoms with Gasteiger partial charge in [0, 0.05) is 36.9 Å². The van der Waals surface area contributed by atoms with Gasteiger partial charge in [-0.05, 0) is 60.4 Å². The van der Waals surface area contributed by atoms with E-state index in [9.17, 15) is 4.79 Å². The summed E-state index contributed by atoms with van der Waals surface area (Å²) in [5.41, 5.74) is 4.89. The van der Waals surface area contributed by atoms with E-state index in [1.165, 1.54) is 6.42 Å². The second-order valence-electron chi connectivity index (χ2n) is 8.98. The Morgan fingerprint density at radius 3 is 3.00 bits per heavy atom. The molecule has 0 radical (unpaired) electrons. The first-order valence-corrected chi connectivity index (χ1v) is 11.0. The lowest BCUT2D eigenvalue weighted by molar-refractivity contribution is 0.0923. The van der Waals surface area contributed by atoms with Crippen molar-refractivity contribution >= 4 is 33.6 Å². The van der Waals surface area contributed by atoms with Crippen molar-refractivity contribution in [3.8, 4) is 0 Å². The Labute approximate surface area is 184 Å². The molecule has 1 spiro atoms. The summed E-state index contributed by atoms with van der Waals surface area (Å²) in [6, 6.07) is 9.72. The van der Waals surface area contributed by atoms with Crippen LogP contribution in [0.4, 0.5) is 0 Å². The predicted molar refractivity (Wildman–Crippen MR) is 121 cm³/mol. The van der Waals surface area contributed by atoms with E-state index in [4.69, 9.17) is 4.42 Å². The number of rotatable bonds is 5. The fourth-order valence-electron chi connectivity index (χ4n) is 5.06. The van der Waals surface area contributed by atoms with Gasteiger partial charge in [-0.15, -0.1) is 5.10 Å². The van der Waals surface area contributed by atoms with Crippen LogP contribution in [0.15, 0.2) is 53.7 Å². The molecular weight excluding hydrogens is 404 g/mol. The van der Waals surface area contributed by atoms with E-state index in [2.05, 4.69) is 43.3 Å². The fourth-order valence-corrected chi connectivity index (χ4v) is 5.06. The van der Waals surface area contributed by atoms with E-state index in [1.807, 2.05) is 18.2 Å². The number of carbonyl (C=O) groups excluding carboxylic acids is 1. The molecule has 3 aromatic heterocycles. The van der Waals surface area contributed by atoms with E-state index in [0.29, 0.717) is 29.2 Å². The Morgan fingerprint density at radius 1 is 1.28 bits per heavy atom. The normalized spacial score (nSPS) is 19.5. The quantitative estimate of drug-likeness (QED) is 0.504. The molecule has 1 saturated heterocycles. The van der Waals surface area contributed by atoms with Crippen molar-refractivity contribution in [2.75, 3.05) is 19.6 Å². The van der Waals surface area contributed by atoms with E-state index in [1.54, 1.807) is 18.5 Å². The van der Waals surface area contributed by atoms with Gasteiger partial charge in [0.2, 0.25) is 0 Å². The van der Waals surface area contributed by atoms with Gasteiger partial charge < -0.3 is 14.6 Å². The minimum absolute atomic E-state index is 0.155. The third kappa shape index (κ3) is 3.23. The molecule has 2 fully saturated rings. The lowest BCUT2D eigenvalue weighted by Crippen LogP contribution is -2.35. The highest BCUT2D eigenvalue weighted by Gasteiger charge is 2.54. The number of furan rings is 1. The Kier molecular flexibility index (Phi) is 4.28. The minimum Gasteiger partial charge on any atom is -0.449 e. The summed E-state index contributed by atoms with van der Waals surface area (Å²) in [4.78, 5) is 18.9. The van der Waals surface area contributed by atoms with Crippen LogP contribution in [-0.4, -0.2) is 50.8 Å². The molecule has 4 aromatic rings. The average molecular weight is 428 g/mol. The highest BCUT2D eigenvalue weighted by Crippen LogP contribution is 2.59. The van der Waals surface area contributed by atoms with Gasteiger partial charge in [0.05, 0.1) is 11.7 Å². The number of aromatic amines is 1. The number of hydrogen-bond acceptors (Lipinski definition) is 6. The third-order valence-corrected chi connectivity index (χ3v) is 7.21. The lowest BCUT2D eigenvalue weighted by atomic mass is 9.90. The highest BCUT2D eigenvalue weighted by molar-refractivity contribution is 5.95. The molecule has 1 saturated carbocycles. The van der Waals surface area contributed by atoms with Crippen LogP contribution < -0.4 is 5.32 Å². The fraction of sp³-hybridized carbons (Fsp3) is 0.333. The number of benzene rings is 1. The molecule has 2 N–H and O–H groups in total. The van der Waals surface area contributed by atoms with E-state index in [-0.39, 0.29) is 5.91 Å². The number of fused-ring (bicyclic) bond motifs is 2. The Bertz CT molecular complexity index is 1300. The first kappa shape index (κ1) is 19.0. The molecular formula is C24H24N6O2. The molecule has 6 rings (SSSR count). The number of hydrogen-bond donors (Lipinski definition) is 2. The maximum absolute atomic E-state index is 12.5. The summed E-state index contributed by atoms with van der Waals surface area (Å²) in [7, 11) is 0. The topological polar surface area (TPSA) is 99.9 Å². The molecule has 2 aliphatic rings. The second-order valence-corrected chi connectivity index (χ2v) is 8.98. The van der Waals surface area contributed by atoms with Crippen molar-refractivity contribution in [1.29, 1.82) is 0 Å². The van der Waals surface area contributed by atoms with Gasteiger partial charge in [-0.25, -0.2) is 0 Å². The van der Waals surface area contributed by atoms with E-state index in [0.717, 1.165) is 53.6 Å². The Hall–Kier alpha value is -3.68. The van der Waals surface area contributed by atoms with Crippen molar-refractivity contribution in [3.05, 3.63) is 60.6 Å². The molecule has 162 valence electrons. The predicted octanol–water partition coefficient (Wildman–Crippen LogP) is 3.60. The number of aromatic nitrogens is 4. The molecule has 1 atom stereocenters. The van der Waals surface area contributed by atoms with Crippen LogP contribution in [0, 0.1) is 11.3 Å². The van der Waals surface area contributed by atoms with Crippen molar-refractivity contribution in [1.82, 2.24) is 30.6 Å². The van der Waals surface area contributed by atoms with Gasteiger partial charge >= 0.3 is 0 Å².